The third-order valence-electron chi connectivity index (χ3n) is 5.79. The summed E-state index contributed by atoms with van der Waals surface area (Å²) in [5, 5.41) is 0. The molecule has 1 unspecified atom stereocenters. The van der Waals surface area contributed by atoms with Crippen LogP contribution in [0.5, 0.6) is 5.75 Å². The summed E-state index contributed by atoms with van der Waals surface area (Å²) in [6, 6.07) is 13.9. The molecule has 0 spiro atoms. The van der Waals surface area contributed by atoms with Crippen LogP contribution in [-0.4, -0.2) is 47.9 Å². The van der Waals surface area contributed by atoms with E-state index in [1.807, 2.05) is 30.3 Å². The van der Waals surface area contributed by atoms with Crippen molar-refractivity contribution in [2.45, 2.75) is 45.1 Å². The number of rotatable bonds is 6. The van der Waals surface area contributed by atoms with Crippen LogP contribution in [0.3, 0.4) is 0 Å². The Hall–Kier alpha value is -2.79. The van der Waals surface area contributed by atoms with E-state index in [-0.39, 0.29) is 11.6 Å². The van der Waals surface area contributed by atoms with Crippen LogP contribution < -0.4 is 4.74 Å². The van der Waals surface area contributed by atoms with Crippen LogP contribution in [0, 0.1) is 0 Å². The van der Waals surface area contributed by atoms with Crippen LogP contribution in [0.25, 0.3) is 0 Å². The molecule has 0 amide bonds. The molecule has 1 aliphatic heterocycles. The number of hydrogen-bond donors (Lipinski definition) is 0. The molecule has 0 bridgehead atoms. The smallest absolute Gasteiger partial charge is 0.210 e. The van der Waals surface area contributed by atoms with Crippen LogP contribution >= 0.6 is 0 Å². The number of likely N-dealkylation sites (tertiary alicyclic amines) is 1. The van der Waals surface area contributed by atoms with E-state index in [2.05, 4.69) is 11.8 Å². The Kier molecular flexibility index (Phi) is 6.38. The quantitative estimate of drug-likeness (QED) is 0.645. The van der Waals surface area contributed by atoms with Gasteiger partial charge in [0.05, 0.1) is 12.3 Å². The number of carbonyl (C=O) groups excluding carboxylic acids is 2. The van der Waals surface area contributed by atoms with Crippen molar-refractivity contribution in [1.29, 1.82) is 0 Å². The van der Waals surface area contributed by atoms with Crippen molar-refractivity contribution in [1.82, 2.24) is 4.90 Å². The first-order valence-corrected chi connectivity index (χ1v) is 10.9. The topological polar surface area (TPSA) is 59.0 Å². The first kappa shape index (κ1) is 20.5. The van der Waals surface area contributed by atoms with Gasteiger partial charge in [0.2, 0.25) is 5.78 Å². The Morgan fingerprint density at radius 2 is 1.67 bits per heavy atom. The van der Waals surface area contributed by atoms with Crippen LogP contribution in [-0.2, 0) is 0 Å². The maximum absolute atomic E-state index is 13.4. The van der Waals surface area contributed by atoms with Crippen molar-refractivity contribution < 1.29 is 14.3 Å². The van der Waals surface area contributed by atoms with E-state index in [9.17, 15) is 9.59 Å². The van der Waals surface area contributed by atoms with Crippen LogP contribution in [0.4, 0.5) is 5.69 Å². The molecule has 0 aromatic heterocycles. The number of ether oxygens (including phenoxy) is 1. The summed E-state index contributed by atoms with van der Waals surface area (Å²) < 4.78 is 5.71. The van der Waals surface area contributed by atoms with Crippen LogP contribution in [0.2, 0.25) is 0 Å². The maximum Gasteiger partial charge on any atom is 0.210 e. The zero-order valence-corrected chi connectivity index (χ0v) is 17.5. The van der Waals surface area contributed by atoms with Gasteiger partial charge in [0.15, 0.2) is 5.78 Å². The van der Waals surface area contributed by atoms with Gasteiger partial charge in [-0.3, -0.25) is 14.5 Å². The molecule has 2 aromatic rings. The number of Topliss-reactive ketones (excluding diaryl/α,β-unsaturated/α-hetero) is 2. The highest BCUT2D eigenvalue weighted by molar-refractivity contribution is 6.55. The average molecular weight is 405 g/mol. The molecule has 5 nitrogen and oxygen atoms in total. The normalized spacial score (nSPS) is 21.0. The van der Waals surface area contributed by atoms with E-state index < -0.39 is 6.04 Å². The predicted molar refractivity (Wildman–Crippen MR) is 118 cm³/mol. The number of nitrogens with zero attached hydrogens (tertiary/aromatic N) is 2. The molecule has 0 radical (unpaired) electrons. The Labute approximate surface area is 177 Å². The van der Waals surface area contributed by atoms with E-state index in [4.69, 9.17) is 9.73 Å². The van der Waals surface area contributed by atoms with E-state index >= 15 is 0 Å². The van der Waals surface area contributed by atoms with Gasteiger partial charge in [-0.15, -0.1) is 0 Å². The lowest BCUT2D eigenvalue weighted by Gasteiger charge is -2.36. The summed E-state index contributed by atoms with van der Waals surface area (Å²) in [4.78, 5) is 33.5. The lowest BCUT2D eigenvalue weighted by molar-refractivity contribution is 0.0831. The molecular weight excluding hydrogens is 376 g/mol. The molecule has 0 saturated carbocycles. The molecule has 156 valence electrons. The molecule has 1 fully saturated rings. The molecule has 1 aliphatic carbocycles. The van der Waals surface area contributed by atoms with Crippen molar-refractivity contribution in [3.63, 3.8) is 0 Å². The SMILES string of the molecule is CCCCOc1ccc(N=C2C(=O)c3ccccc3C(=O)C2N2CCCCC2)cc1. The molecular formula is C25H28N2O3. The summed E-state index contributed by atoms with van der Waals surface area (Å²) in [5.41, 5.74) is 1.96. The molecule has 30 heavy (non-hydrogen) atoms. The molecule has 4 rings (SSSR count). The lowest BCUT2D eigenvalue weighted by Crippen LogP contribution is -2.54. The van der Waals surface area contributed by atoms with Gasteiger partial charge < -0.3 is 4.74 Å². The molecule has 0 N–H and O–H groups in total. The van der Waals surface area contributed by atoms with Gasteiger partial charge in [-0.2, -0.15) is 0 Å². The molecule has 2 aliphatic rings. The molecule has 1 heterocycles. The number of unbranched alkanes of at least 4 members (excludes halogenated alkanes) is 1. The Bertz CT molecular complexity index is 943. The van der Waals surface area contributed by atoms with Gasteiger partial charge >= 0.3 is 0 Å². The van der Waals surface area contributed by atoms with Gasteiger partial charge in [-0.1, -0.05) is 44.0 Å². The number of hydrogen-bond acceptors (Lipinski definition) is 5. The number of fused-ring (bicyclic) bond motifs is 1. The second-order valence-corrected chi connectivity index (χ2v) is 7.93. The maximum atomic E-state index is 13.4. The fourth-order valence-electron chi connectivity index (χ4n) is 4.15. The number of ketones is 2. The van der Waals surface area contributed by atoms with E-state index in [1.54, 1.807) is 18.2 Å². The number of carbonyl (C=O) groups is 2. The Morgan fingerprint density at radius 3 is 2.37 bits per heavy atom. The lowest BCUT2D eigenvalue weighted by atomic mass is 9.83. The third kappa shape index (κ3) is 4.21. The highest BCUT2D eigenvalue weighted by Crippen LogP contribution is 2.28. The first-order chi connectivity index (χ1) is 14.7. The van der Waals surface area contributed by atoms with Crippen molar-refractivity contribution in [2.75, 3.05) is 19.7 Å². The van der Waals surface area contributed by atoms with Crippen molar-refractivity contribution >= 4 is 23.0 Å². The average Bonchev–Trinajstić information content (AvgIpc) is 2.79. The fourth-order valence-corrected chi connectivity index (χ4v) is 4.15. The Balaban J connectivity index is 1.67. The molecule has 5 heteroatoms. The monoisotopic (exact) mass is 404 g/mol. The molecule has 1 atom stereocenters. The van der Waals surface area contributed by atoms with E-state index in [1.165, 1.54) is 0 Å². The summed E-state index contributed by atoms with van der Waals surface area (Å²) in [6.07, 6.45) is 5.33. The van der Waals surface area contributed by atoms with Gasteiger partial charge in [-0.05, 0) is 56.6 Å². The van der Waals surface area contributed by atoms with Crippen molar-refractivity contribution in [2.24, 2.45) is 4.99 Å². The third-order valence-corrected chi connectivity index (χ3v) is 5.79. The van der Waals surface area contributed by atoms with Gasteiger partial charge in [0.1, 0.15) is 17.5 Å². The zero-order chi connectivity index (χ0) is 20.9. The number of piperidine rings is 1. The largest absolute Gasteiger partial charge is 0.494 e. The Morgan fingerprint density at radius 1 is 0.967 bits per heavy atom. The highest BCUT2D eigenvalue weighted by Gasteiger charge is 2.41. The minimum absolute atomic E-state index is 0.0228. The van der Waals surface area contributed by atoms with Crippen molar-refractivity contribution in [3.05, 3.63) is 59.7 Å². The van der Waals surface area contributed by atoms with Crippen molar-refractivity contribution in [3.8, 4) is 5.75 Å². The van der Waals surface area contributed by atoms with Gasteiger partial charge in [-0.25, -0.2) is 4.99 Å². The fraction of sp³-hybridized carbons (Fsp3) is 0.400. The van der Waals surface area contributed by atoms with E-state index in [0.29, 0.717) is 29.1 Å². The summed E-state index contributed by atoms with van der Waals surface area (Å²) in [6.45, 7) is 4.44. The van der Waals surface area contributed by atoms with Gasteiger partial charge in [0, 0.05) is 11.1 Å². The standard InChI is InChI=1S/C25H28N2O3/c1-2-3-17-30-19-13-11-18(12-14-19)26-22-23(27-15-7-4-8-16-27)25(29)21-10-6-5-9-20(21)24(22)28/h5-6,9-14,23H,2-4,7-8,15-17H2,1H3. The second kappa shape index (κ2) is 9.35. The zero-order valence-electron chi connectivity index (χ0n) is 17.5. The highest BCUT2D eigenvalue weighted by atomic mass is 16.5. The van der Waals surface area contributed by atoms with E-state index in [0.717, 1.165) is 50.9 Å². The predicted octanol–water partition coefficient (Wildman–Crippen LogP) is 4.87. The number of benzene rings is 2. The van der Waals surface area contributed by atoms with Crippen LogP contribution in [0.1, 0.15) is 59.7 Å². The molecule has 1 saturated heterocycles. The molecule has 2 aromatic carbocycles. The summed E-state index contributed by atoms with van der Waals surface area (Å²) >= 11 is 0. The number of aliphatic imine (C=N–C) groups is 1. The summed E-state index contributed by atoms with van der Waals surface area (Å²) in [5.74, 6) is 0.616. The minimum atomic E-state index is -0.604. The first-order valence-electron chi connectivity index (χ1n) is 10.9. The van der Waals surface area contributed by atoms with Gasteiger partial charge in [0.25, 0.3) is 0 Å². The second-order valence-electron chi connectivity index (χ2n) is 7.93. The minimum Gasteiger partial charge on any atom is -0.494 e. The van der Waals surface area contributed by atoms with Crippen LogP contribution in [0.15, 0.2) is 53.5 Å². The summed E-state index contributed by atoms with van der Waals surface area (Å²) in [7, 11) is 0.